The fourth-order valence-electron chi connectivity index (χ4n) is 3.80. The van der Waals surface area contributed by atoms with Crippen LogP contribution in [0, 0.1) is 11.6 Å². The molecule has 1 aliphatic heterocycles. The molecule has 0 saturated carbocycles. The summed E-state index contributed by atoms with van der Waals surface area (Å²) in [5.74, 6) is -1.93. The lowest BCUT2D eigenvalue weighted by molar-refractivity contribution is -0.119. The fraction of sp³-hybridized carbons (Fsp3) is 0.0909. The second kappa shape index (κ2) is 6.56. The Hall–Kier alpha value is -3.54. The molecular weight excluding hydrogens is 362 g/mol. The van der Waals surface area contributed by atoms with Crippen LogP contribution in [0.2, 0.25) is 0 Å². The molecule has 28 heavy (non-hydrogen) atoms. The van der Waals surface area contributed by atoms with E-state index in [1.165, 1.54) is 36.4 Å². The maximum atomic E-state index is 14.0. The number of primary amides is 1. The number of hydrogen-bond donors (Lipinski definition) is 2. The first-order valence-corrected chi connectivity index (χ1v) is 8.66. The minimum absolute atomic E-state index is 0.155. The van der Waals surface area contributed by atoms with Crippen molar-refractivity contribution in [3.8, 4) is 0 Å². The van der Waals surface area contributed by atoms with Gasteiger partial charge in [0.05, 0.1) is 0 Å². The van der Waals surface area contributed by atoms with Crippen LogP contribution in [0.15, 0.2) is 66.7 Å². The van der Waals surface area contributed by atoms with Crippen molar-refractivity contribution in [1.82, 2.24) is 0 Å². The molecule has 1 atom stereocenters. The topological polar surface area (TPSA) is 72.2 Å². The zero-order valence-electron chi connectivity index (χ0n) is 14.7. The van der Waals surface area contributed by atoms with Gasteiger partial charge in [-0.2, -0.15) is 0 Å². The Morgan fingerprint density at radius 3 is 2.46 bits per heavy atom. The number of nitrogens with two attached hydrogens (primary N) is 1. The van der Waals surface area contributed by atoms with E-state index < -0.39 is 23.0 Å². The van der Waals surface area contributed by atoms with E-state index in [-0.39, 0.29) is 12.3 Å². The molecule has 4 nitrogen and oxygen atoms in total. The van der Waals surface area contributed by atoms with Gasteiger partial charge in [-0.1, -0.05) is 30.3 Å². The SMILES string of the molecule is NC(=O)c1cccc(CC2(c3cccc(F)c3)C(=O)Nc3cc(F)ccc32)c1. The standard InChI is InChI=1S/C22H16F2N2O2/c23-16-6-2-5-15(10-16)22(12-13-3-1-4-14(9-13)20(25)27)18-8-7-17(24)11-19(18)26-21(22)28/h1-11H,12H2,(H2,25,27)(H,26,28). The Morgan fingerprint density at radius 1 is 0.964 bits per heavy atom. The summed E-state index contributed by atoms with van der Waals surface area (Å²) < 4.78 is 27.7. The first-order chi connectivity index (χ1) is 13.4. The Labute approximate surface area is 160 Å². The monoisotopic (exact) mass is 378 g/mol. The molecule has 0 spiro atoms. The molecular formula is C22H16F2N2O2. The summed E-state index contributed by atoms with van der Waals surface area (Å²) in [4.78, 5) is 24.7. The molecule has 4 rings (SSSR count). The predicted molar refractivity (Wildman–Crippen MR) is 101 cm³/mol. The Morgan fingerprint density at radius 2 is 1.71 bits per heavy atom. The van der Waals surface area contributed by atoms with Crippen molar-refractivity contribution in [2.24, 2.45) is 5.73 Å². The molecule has 1 unspecified atom stereocenters. The fourth-order valence-corrected chi connectivity index (χ4v) is 3.80. The van der Waals surface area contributed by atoms with Crippen molar-refractivity contribution in [1.29, 1.82) is 0 Å². The third-order valence-corrected chi connectivity index (χ3v) is 5.08. The first-order valence-electron chi connectivity index (χ1n) is 8.66. The third-order valence-electron chi connectivity index (χ3n) is 5.08. The van der Waals surface area contributed by atoms with Gasteiger partial charge in [-0.3, -0.25) is 9.59 Å². The van der Waals surface area contributed by atoms with Gasteiger partial charge in [0.15, 0.2) is 0 Å². The summed E-state index contributed by atoms with van der Waals surface area (Å²) in [7, 11) is 0. The van der Waals surface area contributed by atoms with Gasteiger partial charge in [0.25, 0.3) is 0 Å². The normalized spacial score (nSPS) is 17.9. The first kappa shape index (κ1) is 17.9. The molecule has 1 aliphatic rings. The lowest BCUT2D eigenvalue weighted by Crippen LogP contribution is -2.38. The maximum absolute atomic E-state index is 14.0. The average molecular weight is 378 g/mol. The Balaban J connectivity index is 1.93. The molecule has 140 valence electrons. The highest BCUT2D eigenvalue weighted by molar-refractivity contribution is 6.09. The quantitative estimate of drug-likeness (QED) is 0.729. The Bertz CT molecular complexity index is 1110. The zero-order chi connectivity index (χ0) is 19.9. The lowest BCUT2D eigenvalue weighted by Gasteiger charge is -2.28. The molecule has 0 fully saturated rings. The van der Waals surface area contributed by atoms with Gasteiger partial charge in [-0.15, -0.1) is 0 Å². The molecule has 3 aromatic rings. The third kappa shape index (κ3) is 2.83. The molecule has 2 amide bonds. The molecule has 0 radical (unpaired) electrons. The number of amides is 2. The van der Waals surface area contributed by atoms with Gasteiger partial charge in [0.1, 0.15) is 17.0 Å². The minimum Gasteiger partial charge on any atom is -0.366 e. The number of fused-ring (bicyclic) bond motifs is 1. The van der Waals surface area contributed by atoms with Gasteiger partial charge in [0.2, 0.25) is 11.8 Å². The average Bonchev–Trinajstić information content (AvgIpc) is 2.93. The van der Waals surface area contributed by atoms with E-state index in [1.807, 2.05) is 0 Å². The van der Waals surface area contributed by atoms with E-state index in [9.17, 15) is 18.4 Å². The number of carbonyl (C=O) groups is 2. The molecule has 0 saturated heterocycles. The second-order valence-electron chi connectivity index (χ2n) is 6.80. The van der Waals surface area contributed by atoms with Crippen LogP contribution in [0.1, 0.15) is 27.0 Å². The van der Waals surface area contributed by atoms with Crippen molar-refractivity contribution >= 4 is 17.5 Å². The molecule has 3 aromatic carbocycles. The largest absolute Gasteiger partial charge is 0.366 e. The van der Waals surface area contributed by atoms with Crippen molar-refractivity contribution in [3.05, 3.63) is 101 Å². The van der Waals surface area contributed by atoms with Crippen molar-refractivity contribution in [3.63, 3.8) is 0 Å². The van der Waals surface area contributed by atoms with Crippen LogP contribution in [-0.2, 0) is 16.6 Å². The number of nitrogens with one attached hydrogen (secondary N) is 1. The molecule has 0 aromatic heterocycles. The van der Waals surface area contributed by atoms with Crippen molar-refractivity contribution in [2.45, 2.75) is 11.8 Å². The maximum Gasteiger partial charge on any atom is 0.248 e. The lowest BCUT2D eigenvalue weighted by atomic mass is 9.71. The van der Waals surface area contributed by atoms with Crippen LogP contribution in [-0.4, -0.2) is 11.8 Å². The van der Waals surface area contributed by atoms with E-state index in [4.69, 9.17) is 5.73 Å². The summed E-state index contributed by atoms with van der Waals surface area (Å²) in [5, 5.41) is 2.71. The zero-order valence-corrected chi connectivity index (χ0v) is 14.7. The molecule has 0 aliphatic carbocycles. The second-order valence-corrected chi connectivity index (χ2v) is 6.80. The summed E-state index contributed by atoms with van der Waals surface area (Å²) in [5.41, 5.74) is 6.43. The molecule has 3 N–H and O–H groups in total. The molecule has 6 heteroatoms. The van der Waals surface area contributed by atoms with Crippen LogP contribution in [0.3, 0.4) is 0 Å². The minimum atomic E-state index is -1.26. The van der Waals surface area contributed by atoms with Crippen molar-refractivity contribution in [2.75, 3.05) is 5.32 Å². The van der Waals surface area contributed by atoms with E-state index in [2.05, 4.69) is 5.32 Å². The summed E-state index contributed by atoms with van der Waals surface area (Å²) in [6, 6.07) is 16.5. The number of benzene rings is 3. The van der Waals surface area contributed by atoms with Crippen LogP contribution in [0.25, 0.3) is 0 Å². The van der Waals surface area contributed by atoms with Gasteiger partial charge in [-0.25, -0.2) is 8.78 Å². The number of anilines is 1. The highest BCUT2D eigenvalue weighted by Crippen LogP contribution is 2.45. The highest BCUT2D eigenvalue weighted by Gasteiger charge is 2.48. The van der Waals surface area contributed by atoms with Gasteiger partial charge in [0, 0.05) is 11.3 Å². The molecule has 1 heterocycles. The van der Waals surface area contributed by atoms with Gasteiger partial charge < -0.3 is 11.1 Å². The smallest absolute Gasteiger partial charge is 0.248 e. The van der Waals surface area contributed by atoms with Gasteiger partial charge in [-0.05, 0) is 59.5 Å². The summed E-state index contributed by atoms with van der Waals surface area (Å²) in [6.07, 6.45) is 0.155. The van der Waals surface area contributed by atoms with Crippen LogP contribution >= 0.6 is 0 Å². The van der Waals surface area contributed by atoms with Crippen LogP contribution in [0.4, 0.5) is 14.5 Å². The van der Waals surface area contributed by atoms with Crippen LogP contribution < -0.4 is 11.1 Å². The van der Waals surface area contributed by atoms with E-state index >= 15 is 0 Å². The predicted octanol–water partition coefficient (Wildman–Crippen LogP) is 3.54. The van der Waals surface area contributed by atoms with Crippen molar-refractivity contribution < 1.29 is 18.4 Å². The molecule has 0 bridgehead atoms. The van der Waals surface area contributed by atoms with E-state index in [0.29, 0.717) is 27.9 Å². The van der Waals surface area contributed by atoms with E-state index in [1.54, 1.807) is 30.3 Å². The number of rotatable bonds is 4. The number of hydrogen-bond acceptors (Lipinski definition) is 2. The number of carbonyl (C=O) groups excluding carboxylic acids is 2. The summed E-state index contributed by atoms with van der Waals surface area (Å²) in [6.45, 7) is 0. The summed E-state index contributed by atoms with van der Waals surface area (Å²) >= 11 is 0. The highest BCUT2D eigenvalue weighted by atomic mass is 19.1. The number of halogens is 2. The Kier molecular flexibility index (Phi) is 4.19. The van der Waals surface area contributed by atoms with E-state index in [0.717, 1.165) is 0 Å². The van der Waals surface area contributed by atoms with Crippen LogP contribution in [0.5, 0.6) is 0 Å². The van der Waals surface area contributed by atoms with Gasteiger partial charge >= 0.3 is 0 Å².